The lowest BCUT2D eigenvalue weighted by Gasteiger charge is -2.01. The minimum atomic E-state index is -0.172. The standard InChI is InChI=1S/C8H13N3O2/c1-13-3-2-10-8(12)7-4-6(9)5-11-7/h4-5,11H,2-3,9H2,1H3,(H,10,12). The second-order valence-corrected chi connectivity index (χ2v) is 2.60. The zero-order chi connectivity index (χ0) is 9.68. The third kappa shape index (κ3) is 2.79. The van der Waals surface area contributed by atoms with Crippen LogP contribution in [0.15, 0.2) is 12.3 Å². The Hall–Kier alpha value is -1.49. The van der Waals surface area contributed by atoms with E-state index < -0.39 is 0 Å². The molecule has 0 atom stereocenters. The summed E-state index contributed by atoms with van der Waals surface area (Å²) >= 11 is 0. The maximum absolute atomic E-state index is 11.3. The Morgan fingerprint density at radius 2 is 2.54 bits per heavy atom. The molecule has 0 aliphatic rings. The van der Waals surface area contributed by atoms with Gasteiger partial charge in [0.25, 0.3) is 5.91 Å². The summed E-state index contributed by atoms with van der Waals surface area (Å²) in [4.78, 5) is 14.0. The number of ether oxygens (including phenoxy) is 1. The summed E-state index contributed by atoms with van der Waals surface area (Å²) in [7, 11) is 1.58. The Kier molecular flexibility index (Phi) is 3.33. The van der Waals surface area contributed by atoms with Crippen molar-refractivity contribution in [1.29, 1.82) is 0 Å². The number of rotatable bonds is 4. The molecule has 72 valence electrons. The highest BCUT2D eigenvalue weighted by Gasteiger charge is 2.05. The molecule has 0 saturated heterocycles. The van der Waals surface area contributed by atoms with Crippen molar-refractivity contribution >= 4 is 11.6 Å². The maximum atomic E-state index is 11.3. The van der Waals surface area contributed by atoms with Crippen LogP contribution >= 0.6 is 0 Å². The highest BCUT2D eigenvalue weighted by atomic mass is 16.5. The largest absolute Gasteiger partial charge is 0.397 e. The minimum absolute atomic E-state index is 0.172. The number of methoxy groups -OCH3 is 1. The van der Waals surface area contributed by atoms with E-state index in [9.17, 15) is 4.79 Å². The summed E-state index contributed by atoms with van der Waals surface area (Å²) in [6, 6.07) is 1.59. The highest BCUT2D eigenvalue weighted by Crippen LogP contribution is 2.03. The van der Waals surface area contributed by atoms with E-state index >= 15 is 0 Å². The molecular formula is C8H13N3O2. The van der Waals surface area contributed by atoms with Crippen molar-refractivity contribution in [3.63, 3.8) is 0 Å². The van der Waals surface area contributed by atoms with Crippen molar-refractivity contribution in [1.82, 2.24) is 10.3 Å². The second-order valence-electron chi connectivity index (χ2n) is 2.60. The van der Waals surface area contributed by atoms with E-state index in [0.717, 1.165) is 0 Å². The van der Waals surface area contributed by atoms with Gasteiger partial charge in [-0.25, -0.2) is 0 Å². The third-order valence-electron chi connectivity index (χ3n) is 1.54. The average molecular weight is 183 g/mol. The molecule has 0 radical (unpaired) electrons. The number of hydrogen-bond acceptors (Lipinski definition) is 3. The van der Waals surface area contributed by atoms with Crippen LogP contribution in [-0.2, 0) is 4.74 Å². The van der Waals surface area contributed by atoms with Crippen LogP contribution in [0.2, 0.25) is 0 Å². The summed E-state index contributed by atoms with van der Waals surface area (Å²) in [6.07, 6.45) is 1.57. The quantitative estimate of drug-likeness (QED) is 0.573. The lowest BCUT2D eigenvalue weighted by Crippen LogP contribution is -2.27. The molecule has 0 aliphatic carbocycles. The lowest BCUT2D eigenvalue weighted by molar-refractivity contribution is 0.0933. The number of aromatic amines is 1. The van der Waals surface area contributed by atoms with Crippen LogP contribution < -0.4 is 11.1 Å². The molecular weight excluding hydrogens is 170 g/mol. The van der Waals surface area contributed by atoms with Gasteiger partial charge < -0.3 is 20.8 Å². The van der Waals surface area contributed by atoms with Gasteiger partial charge in [0, 0.05) is 25.5 Å². The molecule has 5 heteroatoms. The Morgan fingerprint density at radius 3 is 3.08 bits per heavy atom. The summed E-state index contributed by atoms with van der Waals surface area (Å²) in [6.45, 7) is 0.996. The van der Waals surface area contributed by atoms with Gasteiger partial charge in [-0.2, -0.15) is 0 Å². The molecule has 1 amide bonds. The number of carbonyl (C=O) groups is 1. The molecule has 0 unspecified atom stereocenters. The number of amides is 1. The fourth-order valence-electron chi connectivity index (χ4n) is 0.904. The number of nitrogens with two attached hydrogens (primary N) is 1. The van der Waals surface area contributed by atoms with Crippen LogP contribution in [0.4, 0.5) is 5.69 Å². The number of aromatic nitrogens is 1. The summed E-state index contributed by atoms with van der Waals surface area (Å²) in [5, 5.41) is 2.66. The first kappa shape index (κ1) is 9.60. The number of anilines is 1. The first-order valence-corrected chi connectivity index (χ1v) is 3.95. The SMILES string of the molecule is COCCNC(=O)c1cc(N)c[nH]1. The van der Waals surface area contributed by atoms with Gasteiger partial charge in [-0.1, -0.05) is 0 Å². The van der Waals surface area contributed by atoms with Crippen LogP contribution in [-0.4, -0.2) is 31.2 Å². The van der Waals surface area contributed by atoms with Crippen molar-refractivity contribution in [3.05, 3.63) is 18.0 Å². The zero-order valence-corrected chi connectivity index (χ0v) is 7.46. The van der Waals surface area contributed by atoms with Crippen molar-refractivity contribution in [2.45, 2.75) is 0 Å². The molecule has 4 N–H and O–H groups in total. The number of hydrogen-bond donors (Lipinski definition) is 3. The van der Waals surface area contributed by atoms with Gasteiger partial charge in [-0.3, -0.25) is 4.79 Å². The van der Waals surface area contributed by atoms with E-state index in [1.54, 1.807) is 19.4 Å². The normalized spacial score (nSPS) is 9.92. The van der Waals surface area contributed by atoms with E-state index in [0.29, 0.717) is 24.5 Å². The molecule has 1 aromatic rings. The monoisotopic (exact) mass is 183 g/mol. The molecule has 1 rings (SSSR count). The summed E-state index contributed by atoms with van der Waals surface area (Å²) in [5.41, 5.74) is 6.45. The van der Waals surface area contributed by atoms with E-state index in [-0.39, 0.29) is 5.91 Å². The predicted octanol–water partition coefficient (Wildman–Crippen LogP) is -0.0269. The van der Waals surface area contributed by atoms with Gasteiger partial charge in [0.1, 0.15) is 5.69 Å². The Balaban J connectivity index is 2.40. The van der Waals surface area contributed by atoms with Crippen molar-refractivity contribution in [3.8, 4) is 0 Å². The van der Waals surface area contributed by atoms with Crippen LogP contribution in [0.25, 0.3) is 0 Å². The van der Waals surface area contributed by atoms with Gasteiger partial charge in [0.15, 0.2) is 0 Å². The third-order valence-corrected chi connectivity index (χ3v) is 1.54. The van der Waals surface area contributed by atoms with Crippen molar-refractivity contribution < 1.29 is 9.53 Å². The molecule has 1 heterocycles. The molecule has 13 heavy (non-hydrogen) atoms. The molecule has 0 spiro atoms. The van der Waals surface area contributed by atoms with E-state index in [1.807, 2.05) is 0 Å². The first-order chi connectivity index (χ1) is 6.24. The van der Waals surface area contributed by atoms with Crippen molar-refractivity contribution in [2.24, 2.45) is 0 Å². The topological polar surface area (TPSA) is 80.1 Å². The van der Waals surface area contributed by atoms with E-state index in [1.165, 1.54) is 0 Å². The second kappa shape index (κ2) is 4.51. The average Bonchev–Trinajstić information content (AvgIpc) is 2.52. The van der Waals surface area contributed by atoms with Crippen LogP contribution in [0, 0.1) is 0 Å². The van der Waals surface area contributed by atoms with Gasteiger partial charge in [0.2, 0.25) is 0 Å². The fourth-order valence-corrected chi connectivity index (χ4v) is 0.904. The van der Waals surface area contributed by atoms with Crippen molar-refractivity contribution in [2.75, 3.05) is 26.0 Å². The molecule has 0 saturated carbocycles. The number of nitrogens with one attached hydrogen (secondary N) is 2. The predicted molar refractivity (Wildman–Crippen MR) is 49.4 cm³/mol. The Morgan fingerprint density at radius 1 is 1.77 bits per heavy atom. The Labute approximate surface area is 76.3 Å². The number of H-pyrrole nitrogens is 1. The molecule has 0 bridgehead atoms. The lowest BCUT2D eigenvalue weighted by atomic mass is 10.4. The van der Waals surface area contributed by atoms with E-state index in [4.69, 9.17) is 10.5 Å². The fraction of sp³-hybridized carbons (Fsp3) is 0.375. The molecule has 0 aliphatic heterocycles. The Bertz CT molecular complexity index is 283. The van der Waals surface area contributed by atoms with Crippen LogP contribution in [0.3, 0.4) is 0 Å². The van der Waals surface area contributed by atoms with Gasteiger partial charge in [0.05, 0.1) is 6.61 Å². The number of nitrogen functional groups attached to an aromatic ring is 1. The summed E-state index contributed by atoms with van der Waals surface area (Å²) in [5.74, 6) is -0.172. The summed E-state index contributed by atoms with van der Waals surface area (Å²) < 4.78 is 4.78. The van der Waals surface area contributed by atoms with Crippen LogP contribution in [0.5, 0.6) is 0 Å². The highest BCUT2D eigenvalue weighted by molar-refractivity contribution is 5.93. The van der Waals surface area contributed by atoms with Gasteiger partial charge >= 0.3 is 0 Å². The number of carbonyl (C=O) groups excluding carboxylic acids is 1. The zero-order valence-electron chi connectivity index (χ0n) is 7.46. The smallest absolute Gasteiger partial charge is 0.267 e. The maximum Gasteiger partial charge on any atom is 0.267 e. The molecule has 5 nitrogen and oxygen atoms in total. The molecule has 1 aromatic heterocycles. The van der Waals surface area contributed by atoms with Gasteiger partial charge in [-0.05, 0) is 6.07 Å². The molecule has 0 aromatic carbocycles. The van der Waals surface area contributed by atoms with Gasteiger partial charge in [-0.15, -0.1) is 0 Å². The van der Waals surface area contributed by atoms with Crippen LogP contribution in [0.1, 0.15) is 10.5 Å². The van der Waals surface area contributed by atoms with E-state index in [2.05, 4.69) is 10.3 Å². The first-order valence-electron chi connectivity index (χ1n) is 3.95. The minimum Gasteiger partial charge on any atom is -0.397 e. The molecule has 0 fully saturated rings.